The van der Waals surface area contributed by atoms with Crippen molar-refractivity contribution in [2.45, 2.75) is 17.8 Å². The Kier molecular flexibility index (Phi) is 7.87. The fourth-order valence-corrected chi connectivity index (χ4v) is 6.23. The molecule has 0 saturated carbocycles. The van der Waals surface area contributed by atoms with Crippen LogP contribution in [0, 0.1) is 0 Å². The van der Waals surface area contributed by atoms with Crippen LogP contribution in [0.1, 0.15) is 20.8 Å². The minimum atomic E-state index is -0.700. The first kappa shape index (κ1) is 26.4. The Bertz CT molecular complexity index is 1460. The first-order chi connectivity index (χ1) is 18.9. The summed E-state index contributed by atoms with van der Waals surface area (Å²) in [5.74, 6) is 5.27. The highest BCUT2D eigenvalue weighted by atomic mass is 32.2. The van der Waals surface area contributed by atoms with E-state index in [0.29, 0.717) is 22.1 Å². The SMILES string of the molecule is N/C(=N\N(N)C(=O)c1ccccc1)C1=C(/C=C\c2cccnc2)CSC2C(NC(=O)Cc3cccs3)C(=O)N12. The molecule has 0 aliphatic carbocycles. The van der Waals surface area contributed by atoms with Crippen molar-refractivity contribution in [1.82, 2.24) is 20.3 Å². The number of amidine groups is 1. The Balaban J connectivity index is 1.41. The molecule has 2 aliphatic rings. The van der Waals surface area contributed by atoms with E-state index in [0.717, 1.165) is 16.0 Å². The number of hydrogen-bond acceptors (Lipinski definition) is 8. The number of aromatic nitrogens is 1. The number of pyridine rings is 1. The lowest BCUT2D eigenvalue weighted by atomic mass is 10.0. The Morgan fingerprint density at radius 2 is 1.97 bits per heavy atom. The zero-order chi connectivity index (χ0) is 27.4. The molecule has 2 aliphatic heterocycles. The van der Waals surface area contributed by atoms with Crippen LogP contribution in [0.5, 0.6) is 0 Å². The summed E-state index contributed by atoms with van der Waals surface area (Å²) in [6.45, 7) is 0. The molecule has 0 spiro atoms. The Morgan fingerprint density at radius 1 is 1.15 bits per heavy atom. The quantitative estimate of drug-likeness (QED) is 0.0959. The normalized spacial score (nSPS) is 19.1. The number of rotatable bonds is 8. The summed E-state index contributed by atoms with van der Waals surface area (Å²) in [6, 6.07) is 15.2. The van der Waals surface area contributed by atoms with Crippen LogP contribution in [-0.4, -0.2) is 55.7 Å². The van der Waals surface area contributed by atoms with Gasteiger partial charge >= 0.3 is 0 Å². The molecule has 0 bridgehead atoms. The Labute approximate surface area is 233 Å². The van der Waals surface area contributed by atoms with Crippen molar-refractivity contribution >= 4 is 52.7 Å². The number of thioether (sulfide) groups is 1. The van der Waals surface area contributed by atoms with Gasteiger partial charge in [-0.25, -0.2) is 5.84 Å². The second kappa shape index (κ2) is 11.6. The third-order valence-electron chi connectivity index (χ3n) is 6.08. The molecule has 1 fully saturated rings. The Morgan fingerprint density at radius 3 is 2.69 bits per heavy atom. The van der Waals surface area contributed by atoms with Gasteiger partial charge in [-0.15, -0.1) is 28.2 Å². The highest BCUT2D eigenvalue weighted by molar-refractivity contribution is 8.00. The number of nitrogens with one attached hydrogen (secondary N) is 1. The number of thiophene rings is 1. The second-order valence-electron chi connectivity index (χ2n) is 8.71. The van der Waals surface area contributed by atoms with Crippen LogP contribution in [-0.2, 0) is 16.0 Å². The fraction of sp³-hybridized carbons (Fsp3) is 0.148. The maximum atomic E-state index is 13.3. The maximum Gasteiger partial charge on any atom is 0.288 e. The summed E-state index contributed by atoms with van der Waals surface area (Å²) in [5.41, 5.74) is 8.67. The van der Waals surface area contributed by atoms with Gasteiger partial charge in [-0.3, -0.25) is 24.3 Å². The van der Waals surface area contributed by atoms with Crippen molar-refractivity contribution in [3.63, 3.8) is 0 Å². The maximum absolute atomic E-state index is 13.3. The predicted molar refractivity (Wildman–Crippen MR) is 152 cm³/mol. The molecule has 2 aromatic heterocycles. The van der Waals surface area contributed by atoms with Gasteiger partial charge in [-0.05, 0) is 40.8 Å². The third-order valence-corrected chi connectivity index (χ3v) is 8.26. The molecule has 2 unspecified atom stereocenters. The molecule has 198 valence electrons. The zero-order valence-electron chi connectivity index (χ0n) is 20.6. The standard InChI is InChI=1S/C27H25N7O3S2/c28-24(32-34(29)25(36)18-7-2-1-3-8-18)23-19(11-10-17-6-4-12-30-15-17)16-39-27-22(26(37)33(23)27)31-21(35)14-20-9-5-13-38-20/h1-13,15,22,27H,14,16,29H2,(H2,28,32)(H,31,35)/b11-10-. The number of carbonyl (C=O) groups excluding carboxylic acids is 3. The number of nitrogens with two attached hydrogens (primary N) is 2. The summed E-state index contributed by atoms with van der Waals surface area (Å²) >= 11 is 2.99. The van der Waals surface area contributed by atoms with Crippen molar-refractivity contribution in [1.29, 1.82) is 0 Å². The number of hydrazone groups is 1. The predicted octanol–water partition coefficient (Wildman–Crippen LogP) is 2.34. The lowest BCUT2D eigenvalue weighted by Crippen LogP contribution is -2.71. The minimum Gasteiger partial charge on any atom is -0.380 e. The van der Waals surface area contributed by atoms with Crippen molar-refractivity contribution in [3.8, 4) is 0 Å². The molecule has 2 atom stereocenters. The van der Waals surface area contributed by atoms with Gasteiger partial charge in [0.25, 0.3) is 11.8 Å². The summed E-state index contributed by atoms with van der Waals surface area (Å²) < 4.78 is 0. The third kappa shape index (κ3) is 5.77. The van der Waals surface area contributed by atoms with E-state index in [-0.39, 0.29) is 29.4 Å². The average Bonchev–Trinajstić information content (AvgIpc) is 3.47. The number of hydrogen-bond donors (Lipinski definition) is 3. The number of hydrazine groups is 1. The summed E-state index contributed by atoms with van der Waals surface area (Å²) in [4.78, 5) is 45.2. The fourth-order valence-electron chi connectivity index (χ4n) is 4.21. The van der Waals surface area contributed by atoms with Crippen molar-refractivity contribution in [3.05, 3.63) is 106 Å². The summed E-state index contributed by atoms with van der Waals surface area (Å²) in [7, 11) is 0. The Hall–Kier alpha value is -4.26. The van der Waals surface area contributed by atoms with Gasteiger partial charge in [-0.2, -0.15) is 5.12 Å². The molecule has 39 heavy (non-hydrogen) atoms. The van der Waals surface area contributed by atoms with Crippen LogP contribution in [0.4, 0.5) is 0 Å². The minimum absolute atomic E-state index is 0.0883. The van der Waals surface area contributed by atoms with Gasteiger partial charge in [0.15, 0.2) is 5.84 Å². The van der Waals surface area contributed by atoms with E-state index in [1.54, 1.807) is 42.7 Å². The molecule has 1 aromatic carbocycles. The number of nitrogens with zero attached hydrogens (tertiary/aromatic N) is 4. The van der Waals surface area contributed by atoms with E-state index in [4.69, 9.17) is 11.6 Å². The van der Waals surface area contributed by atoms with Crippen molar-refractivity contribution in [2.24, 2.45) is 16.7 Å². The summed E-state index contributed by atoms with van der Waals surface area (Å²) in [6.07, 6.45) is 7.29. The number of amides is 3. The summed E-state index contributed by atoms with van der Waals surface area (Å²) in [5, 5.41) is 9.18. The molecule has 0 radical (unpaired) electrons. The molecule has 5 rings (SSSR count). The largest absolute Gasteiger partial charge is 0.380 e. The highest BCUT2D eigenvalue weighted by Gasteiger charge is 2.53. The van der Waals surface area contributed by atoms with Crippen LogP contribution in [0.3, 0.4) is 0 Å². The molecule has 5 N–H and O–H groups in total. The van der Waals surface area contributed by atoms with E-state index in [1.165, 1.54) is 28.0 Å². The van der Waals surface area contributed by atoms with Gasteiger partial charge in [0, 0.05) is 28.6 Å². The van der Waals surface area contributed by atoms with Gasteiger partial charge in [0.05, 0.1) is 12.1 Å². The first-order valence-electron chi connectivity index (χ1n) is 12.0. The van der Waals surface area contributed by atoms with E-state index in [9.17, 15) is 14.4 Å². The highest BCUT2D eigenvalue weighted by Crippen LogP contribution is 2.41. The molecule has 3 aromatic rings. The van der Waals surface area contributed by atoms with Gasteiger partial charge in [0.2, 0.25) is 5.91 Å². The first-order valence-corrected chi connectivity index (χ1v) is 13.9. The number of benzene rings is 1. The molecule has 10 nitrogen and oxygen atoms in total. The van der Waals surface area contributed by atoms with Crippen LogP contribution in [0.2, 0.25) is 0 Å². The lowest BCUT2D eigenvalue weighted by Gasteiger charge is -2.50. The molecule has 3 amide bonds. The average molecular weight is 560 g/mol. The second-order valence-corrected chi connectivity index (χ2v) is 10.8. The number of β-lactam (4-membered cyclic amide) rings is 1. The van der Waals surface area contributed by atoms with Crippen LogP contribution < -0.4 is 16.9 Å². The van der Waals surface area contributed by atoms with Gasteiger partial charge in [0.1, 0.15) is 11.4 Å². The van der Waals surface area contributed by atoms with Gasteiger partial charge < -0.3 is 11.1 Å². The van der Waals surface area contributed by atoms with Crippen LogP contribution >= 0.6 is 23.1 Å². The smallest absolute Gasteiger partial charge is 0.288 e. The van der Waals surface area contributed by atoms with E-state index in [1.807, 2.05) is 41.8 Å². The molecular formula is C27H25N7O3S2. The number of fused-ring (bicyclic) bond motifs is 1. The lowest BCUT2D eigenvalue weighted by molar-refractivity contribution is -0.145. The van der Waals surface area contributed by atoms with E-state index >= 15 is 0 Å². The molecule has 12 heteroatoms. The van der Waals surface area contributed by atoms with Crippen molar-refractivity contribution < 1.29 is 14.4 Å². The molecular weight excluding hydrogens is 534 g/mol. The van der Waals surface area contributed by atoms with E-state index in [2.05, 4.69) is 15.4 Å². The van der Waals surface area contributed by atoms with Crippen molar-refractivity contribution in [2.75, 3.05) is 5.75 Å². The topological polar surface area (TPSA) is 147 Å². The number of allylic oxidation sites excluding steroid dienone is 1. The number of carbonyl (C=O) groups is 3. The van der Waals surface area contributed by atoms with Crippen LogP contribution in [0.15, 0.2) is 94.8 Å². The zero-order valence-corrected chi connectivity index (χ0v) is 22.3. The van der Waals surface area contributed by atoms with Gasteiger partial charge in [-0.1, -0.05) is 42.5 Å². The molecule has 4 heterocycles. The monoisotopic (exact) mass is 559 g/mol. The van der Waals surface area contributed by atoms with Crippen LogP contribution in [0.25, 0.3) is 6.08 Å². The molecule has 1 saturated heterocycles. The van der Waals surface area contributed by atoms with E-state index < -0.39 is 11.9 Å².